The molecule has 0 aliphatic heterocycles. The Kier molecular flexibility index (Phi) is 4.90. The normalized spacial score (nSPS) is 21.4. The van der Waals surface area contributed by atoms with Crippen LogP contribution in [0.15, 0.2) is 36.4 Å². The molecule has 0 saturated heterocycles. The zero-order valence-corrected chi connectivity index (χ0v) is 14.5. The third-order valence-electron chi connectivity index (χ3n) is 5.37. The molecule has 0 aromatic heterocycles. The number of hydrogen-bond acceptors (Lipinski definition) is 0. The van der Waals surface area contributed by atoms with Gasteiger partial charge in [-0.3, -0.25) is 0 Å². The van der Waals surface area contributed by atoms with E-state index in [-0.39, 0.29) is 11.1 Å². The molecule has 4 heteroatoms. The van der Waals surface area contributed by atoms with E-state index in [1.54, 1.807) is 12.1 Å². The lowest BCUT2D eigenvalue weighted by Gasteiger charge is -2.27. The van der Waals surface area contributed by atoms with Gasteiger partial charge in [0.2, 0.25) is 0 Å². The fraction of sp³-hybridized carbons (Fsp3) is 0.429. The van der Waals surface area contributed by atoms with E-state index in [0.717, 1.165) is 43.2 Å². The van der Waals surface area contributed by atoms with Gasteiger partial charge in [0.15, 0.2) is 11.6 Å². The molecule has 1 saturated carbocycles. The first-order valence-electron chi connectivity index (χ1n) is 8.74. The molecular weight excluding hydrogens is 328 g/mol. The minimum atomic E-state index is -3.57. The summed E-state index contributed by atoms with van der Waals surface area (Å²) in [4.78, 5) is 0. The van der Waals surface area contributed by atoms with E-state index in [1.165, 1.54) is 25.1 Å². The van der Waals surface area contributed by atoms with Gasteiger partial charge in [-0.15, -0.1) is 0 Å². The molecule has 1 aliphatic carbocycles. The molecule has 2 aromatic rings. The minimum absolute atomic E-state index is 0.0129. The Bertz CT molecular complexity index is 741. The quantitative estimate of drug-likeness (QED) is 0.540. The molecule has 2 aromatic carbocycles. The van der Waals surface area contributed by atoms with E-state index in [1.807, 2.05) is 0 Å². The third-order valence-corrected chi connectivity index (χ3v) is 5.37. The van der Waals surface area contributed by atoms with E-state index in [2.05, 4.69) is 6.92 Å². The van der Waals surface area contributed by atoms with Crippen LogP contribution in [-0.4, -0.2) is 0 Å². The zero-order valence-electron chi connectivity index (χ0n) is 14.5. The van der Waals surface area contributed by atoms with Crippen LogP contribution in [0.2, 0.25) is 0 Å². The van der Waals surface area contributed by atoms with Crippen LogP contribution >= 0.6 is 0 Å². The molecule has 0 N–H and O–H groups in total. The maximum Gasteiger partial charge on any atom is 0.301 e. The first-order chi connectivity index (χ1) is 11.8. The average molecular weight is 350 g/mol. The van der Waals surface area contributed by atoms with Crippen molar-refractivity contribution in [2.75, 3.05) is 0 Å². The molecule has 134 valence electrons. The minimum Gasteiger partial charge on any atom is -0.203 e. The summed E-state index contributed by atoms with van der Waals surface area (Å²) < 4.78 is 57.0. The van der Waals surface area contributed by atoms with E-state index in [0.29, 0.717) is 5.92 Å². The summed E-state index contributed by atoms with van der Waals surface area (Å²) in [6.45, 7) is 3.58. The Morgan fingerprint density at radius 2 is 1.44 bits per heavy atom. The van der Waals surface area contributed by atoms with Crippen molar-refractivity contribution in [3.8, 4) is 0 Å². The Labute approximate surface area is 145 Å². The highest BCUT2D eigenvalue weighted by molar-refractivity contribution is 5.38. The van der Waals surface area contributed by atoms with Gasteiger partial charge in [0.1, 0.15) is 0 Å². The van der Waals surface area contributed by atoms with E-state index < -0.39 is 23.1 Å². The SMILES string of the molecule is Cc1ccc(C(F)(F)c2ccc(C3CCC(C)CC3)cc2)c(F)c1F. The summed E-state index contributed by atoms with van der Waals surface area (Å²) in [7, 11) is 0. The first kappa shape index (κ1) is 18.0. The monoisotopic (exact) mass is 350 g/mol. The first-order valence-corrected chi connectivity index (χ1v) is 8.74. The lowest BCUT2D eigenvalue weighted by Crippen LogP contribution is -2.18. The topological polar surface area (TPSA) is 0 Å². The summed E-state index contributed by atoms with van der Waals surface area (Å²) in [5.41, 5.74) is -0.182. The second-order valence-electron chi connectivity index (χ2n) is 7.21. The third kappa shape index (κ3) is 3.44. The van der Waals surface area contributed by atoms with Crippen molar-refractivity contribution < 1.29 is 17.6 Å². The van der Waals surface area contributed by atoms with Crippen LogP contribution in [0.5, 0.6) is 0 Å². The van der Waals surface area contributed by atoms with Gasteiger partial charge in [0, 0.05) is 5.56 Å². The predicted octanol–water partition coefficient (Wildman–Crippen LogP) is 6.71. The van der Waals surface area contributed by atoms with Gasteiger partial charge in [0.05, 0.1) is 5.56 Å². The Morgan fingerprint density at radius 3 is 2.04 bits per heavy atom. The summed E-state index contributed by atoms with van der Waals surface area (Å²) in [6.07, 6.45) is 4.43. The number of hydrogen-bond donors (Lipinski definition) is 0. The van der Waals surface area contributed by atoms with Crippen molar-refractivity contribution in [2.24, 2.45) is 5.92 Å². The number of benzene rings is 2. The van der Waals surface area contributed by atoms with Gasteiger partial charge < -0.3 is 0 Å². The number of rotatable bonds is 3. The lowest BCUT2D eigenvalue weighted by molar-refractivity contribution is 0.0381. The molecule has 25 heavy (non-hydrogen) atoms. The predicted molar refractivity (Wildman–Crippen MR) is 90.9 cm³/mol. The molecule has 0 spiro atoms. The van der Waals surface area contributed by atoms with E-state index in [4.69, 9.17) is 0 Å². The van der Waals surface area contributed by atoms with Crippen molar-refractivity contribution in [1.82, 2.24) is 0 Å². The Morgan fingerprint density at radius 1 is 0.840 bits per heavy atom. The fourth-order valence-electron chi connectivity index (χ4n) is 3.60. The van der Waals surface area contributed by atoms with Crippen molar-refractivity contribution in [3.63, 3.8) is 0 Å². The van der Waals surface area contributed by atoms with Crippen molar-refractivity contribution in [3.05, 3.63) is 70.3 Å². The molecule has 0 radical (unpaired) electrons. The molecule has 0 unspecified atom stereocenters. The van der Waals surface area contributed by atoms with Crippen molar-refractivity contribution in [2.45, 2.75) is 51.4 Å². The van der Waals surface area contributed by atoms with Crippen LogP contribution in [0, 0.1) is 24.5 Å². The van der Waals surface area contributed by atoms with Gasteiger partial charge in [0.25, 0.3) is 0 Å². The number of aryl methyl sites for hydroxylation is 1. The maximum atomic E-state index is 14.7. The van der Waals surface area contributed by atoms with Gasteiger partial charge in [-0.2, -0.15) is 8.78 Å². The van der Waals surface area contributed by atoms with Crippen LogP contribution in [0.4, 0.5) is 17.6 Å². The molecule has 1 aliphatic rings. The second kappa shape index (κ2) is 6.81. The number of alkyl halides is 2. The Balaban J connectivity index is 1.87. The highest BCUT2D eigenvalue weighted by Crippen LogP contribution is 2.40. The average Bonchev–Trinajstić information content (AvgIpc) is 2.60. The lowest BCUT2D eigenvalue weighted by atomic mass is 9.79. The standard InChI is InChI=1S/C21H22F4/c1-13-3-6-15(7-4-13)16-8-10-17(11-9-16)21(24,25)18-12-5-14(2)19(22)20(18)23/h5,8-13,15H,3-4,6-7H2,1-2H3. The van der Waals surface area contributed by atoms with Crippen LogP contribution in [0.1, 0.15) is 60.8 Å². The van der Waals surface area contributed by atoms with E-state index in [9.17, 15) is 17.6 Å². The smallest absolute Gasteiger partial charge is 0.203 e. The van der Waals surface area contributed by atoms with Crippen molar-refractivity contribution >= 4 is 0 Å². The summed E-state index contributed by atoms with van der Waals surface area (Å²) in [6, 6.07) is 8.22. The fourth-order valence-corrected chi connectivity index (χ4v) is 3.60. The molecule has 0 bridgehead atoms. The molecule has 1 fully saturated rings. The van der Waals surface area contributed by atoms with Crippen LogP contribution < -0.4 is 0 Å². The summed E-state index contributed by atoms with van der Waals surface area (Å²) in [5, 5.41) is 0. The molecule has 0 nitrogen and oxygen atoms in total. The van der Waals surface area contributed by atoms with Gasteiger partial charge in [-0.1, -0.05) is 50.1 Å². The molecule has 0 heterocycles. The van der Waals surface area contributed by atoms with E-state index >= 15 is 0 Å². The summed E-state index contributed by atoms with van der Waals surface area (Å²) in [5.74, 6) is -5.15. The highest BCUT2D eigenvalue weighted by atomic mass is 19.3. The van der Waals surface area contributed by atoms with Crippen LogP contribution in [0.3, 0.4) is 0 Å². The van der Waals surface area contributed by atoms with Gasteiger partial charge >= 0.3 is 5.92 Å². The van der Waals surface area contributed by atoms with Crippen LogP contribution in [0.25, 0.3) is 0 Å². The molecule has 0 amide bonds. The Hall–Kier alpha value is -1.84. The largest absolute Gasteiger partial charge is 0.301 e. The molecular formula is C21H22F4. The number of halogens is 4. The van der Waals surface area contributed by atoms with Gasteiger partial charge in [-0.25, -0.2) is 8.78 Å². The maximum absolute atomic E-state index is 14.7. The van der Waals surface area contributed by atoms with Crippen LogP contribution in [-0.2, 0) is 5.92 Å². The highest BCUT2D eigenvalue weighted by Gasteiger charge is 2.38. The molecule has 0 atom stereocenters. The molecule has 3 rings (SSSR count). The summed E-state index contributed by atoms with van der Waals surface area (Å²) >= 11 is 0. The second-order valence-corrected chi connectivity index (χ2v) is 7.21. The van der Waals surface area contributed by atoms with Crippen molar-refractivity contribution in [1.29, 1.82) is 0 Å². The van der Waals surface area contributed by atoms with Gasteiger partial charge in [-0.05, 0) is 48.8 Å². The zero-order chi connectivity index (χ0) is 18.2.